The van der Waals surface area contributed by atoms with Gasteiger partial charge in [-0.15, -0.1) is 0 Å². The van der Waals surface area contributed by atoms with Gasteiger partial charge in [0.1, 0.15) is 12.4 Å². The average Bonchev–Trinajstić information content (AvgIpc) is 2.40. The van der Waals surface area contributed by atoms with Crippen LogP contribution in [0.4, 0.5) is 4.39 Å². The molecule has 0 amide bonds. The highest BCUT2D eigenvalue weighted by Crippen LogP contribution is 2.15. The molecule has 1 atom stereocenters. The molecular weight excluding hydrogens is 255 g/mol. The van der Waals surface area contributed by atoms with Gasteiger partial charge in [-0.2, -0.15) is 0 Å². The van der Waals surface area contributed by atoms with Gasteiger partial charge in [-0.1, -0.05) is 23.4 Å². The number of hydrogen-bond acceptors (Lipinski definition) is 2. The Morgan fingerprint density at radius 2 is 2.33 bits per heavy atom. The quantitative estimate of drug-likeness (QED) is 0.766. The first kappa shape index (κ1) is 13.4. The van der Waals surface area contributed by atoms with Crippen LogP contribution in [-0.2, 0) is 9.47 Å². The van der Waals surface area contributed by atoms with E-state index >= 15 is 0 Å². The molecule has 0 aromatic heterocycles. The predicted octanol–water partition coefficient (Wildman–Crippen LogP) is 3.37. The second kappa shape index (κ2) is 6.75. The van der Waals surface area contributed by atoms with E-state index in [0.717, 1.165) is 25.9 Å². The normalized spacial score (nSPS) is 19.1. The lowest BCUT2D eigenvalue weighted by Crippen LogP contribution is -2.22. The minimum absolute atomic E-state index is 0.0818. The van der Waals surface area contributed by atoms with Crippen molar-refractivity contribution in [3.8, 4) is 11.8 Å². The summed E-state index contributed by atoms with van der Waals surface area (Å²) in [5.74, 6) is 5.30. The van der Waals surface area contributed by atoms with E-state index in [0.29, 0.717) is 12.2 Å². The van der Waals surface area contributed by atoms with Crippen LogP contribution in [0.25, 0.3) is 0 Å². The molecule has 0 radical (unpaired) electrons. The summed E-state index contributed by atoms with van der Waals surface area (Å²) >= 11 is 5.65. The van der Waals surface area contributed by atoms with Crippen LogP contribution in [0.15, 0.2) is 18.2 Å². The number of hydrogen-bond donors (Lipinski definition) is 0. The molecule has 1 aliphatic heterocycles. The van der Waals surface area contributed by atoms with E-state index in [1.165, 1.54) is 12.1 Å². The highest BCUT2D eigenvalue weighted by atomic mass is 35.5. The van der Waals surface area contributed by atoms with Gasteiger partial charge < -0.3 is 9.47 Å². The van der Waals surface area contributed by atoms with E-state index in [4.69, 9.17) is 21.1 Å². The Morgan fingerprint density at radius 1 is 1.44 bits per heavy atom. The van der Waals surface area contributed by atoms with E-state index in [1.54, 1.807) is 6.07 Å². The van der Waals surface area contributed by atoms with E-state index in [2.05, 4.69) is 11.8 Å². The number of benzene rings is 1. The lowest BCUT2D eigenvalue weighted by Gasteiger charge is -2.21. The third-order valence-electron chi connectivity index (χ3n) is 2.63. The van der Waals surface area contributed by atoms with Crippen molar-refractivity contribution < 1.29 is 13.9 Å². The summed E-state index contributed by atoms with van der Waals surface area (Å²) in [6.07, 6.45) is 3.01. The van der Waals surface area contributed by atoms with Gasteiger partial charge in [-0.25, -0.2) is 4.39 Å². The van der Waals surface area contributed by atoms with Crippen LogP contribution in [0, 0.1) is 17.7 Å². The van der Waals surface area contributed by atoms with Crippen LogP contribution in [0.5, 0.6) is 0 Å². The fourth-order valence-electron chi connectivity index (χ4n) is 1.69. The van der Waals surface area contributed by atoms with E-state index in [-0.39, 0.29) is 11.3 Å². The van der Waals surface area contributed by atoms with E-state index in [1.807, 2.05) is 0 Å². The third-order valence-corrected chi connectivity index (χ3v) is 2.92. The second-order valence-corrected chi connectivity index (χ2v) is 4.45. The summed E-state index contributed by atoms with van der Waals surface area (Å²) in [6.45, 7) is 1.06. The monoisotopic (exact) mass is 268 g/mol. The lowest BCUT2D eigenvalue weighted by molar-refractivity contribution is -0.154. The summed E-state index contributed by atoms with van der Waals surface area (Å²) < 4.78 is 23.8. The molecule has 1 saturated heterocycles. The average molecular weight is 269 g/mol. The summed E-state index contributed by atoms with van der Waals surface area (Å²) in [5.41, 5.74) is 0.676. The van der Waals surface area contributed by atoms with Crippen molar-refractivity contribution in [2.45, 2.75) is 25.6 Å². The molecule has 0 saturated carbocycles. The van der Waals surface area contributed by atoms with Crippen molar-refractivity contribution in [1.29, 1.82) is 0 Å². The second-order valence-electron chi connectivity index (χ2n) is 4.04. The van der Waals surface area contributed by atoms with Gasteiger partial charge in [0.2, 0.25) is 0 Å². The summed E-state index contributed by atoms with van der Waals surface area (Å²) in [4.78, 5) is 0. The number of ether oxygens (including phenoxy) is 2. The molecule has 1 aliphatic rings. The minimum Gasteiger partial charge on any atom is -0.353 e. The van der Waals surface area contributed by atoms with Crippen LogP contribution in [0.1, 0.15) is 24.8 Å². The van der Waals surface area contributed by atoms with Crippen molar-refractivity contribution >= 4 is 11.6 Å². The Balaban J connectivity index is 1.82. The van der Waals surface area contributed by atoms with Gasteiger partial charge in [-0.05, 0) is 37.5 Å². The highest BCUT2D eigenvalue weighted by molar-refractivity contribution is 6.30. The molecule has 0 spiro atoms. The molecule has 1 heterocycles. The molecule has 0 N–H and O–H groups in total. The van der Waals surface area contributed by atoms with Crippen LogP contribution in [0.2, 0.25) is 5.02 Å². The SMILES string of the molecule is Fc1ccc(C#CCO[C@@H]2CCCCO2)cc1Cl. The summed E-state index contributed by atoms with van der Waals surface area (Å²) in [7, 11) is 0. The zero-order chi connectivity index (χ0) is 12.8. The standard InChI is InChI=1S/C14H14ClFO2/c15-12-10-11(6-7-13(12)16)4-3-9-18-14-5-1-2-8-17-14/h6-7,10,14H,1-2,5,8-9H2/t14-/m1/s1. The maximum Gasteiger partial charge on any atom is 0.158 e. The molecule has 1 fully saturated rings. The third kappa shape index (κ3) is 3.99. The van der Waals surface area contributed by atoms with Crippen LogP contribution < -0.4 is 0 Å². The number of halogens is 2. The number of rotatable bonds is 2. The fraction of sp³-hybridized carbons (Fsp3) is 0.429. The van der Waals surface area contributed by atoms with Gasteiger partial charge in [0.25, 0.3) is 0 Å². The van der Waals surface area contributed by atoms with Crippen molar-refractivity contribution in [2.75, 3.05) is 13.2 Å². The molecule has 1 aromatic carbocycles. The summed E-state index contributed by atoms with van der Waals surface area (Å²) in [6, 6.07) is 4.39. The first-order chi connectivity index (χ1) is 8.75. The Hall–Kier alpha value is -1.08. The molecule has 0 bridgehead atoms. The first-order valence-corrected chi connectivity index (χ1v) is 6.30. The Morgan fingerprint density at radius 3 is 3.06 bits per heavy atom. The predicted molar refractivity (Wildman–Crippen MR) is 67.8 cm³/mol. The molecule has 96 valence electrons. The fourth-order valence-corrected chi connectivity index (χ4v) is 1.87. The van der Waals surface area contributed by atoms with Gasteiger partial charge in [0.15, 0.2) is 6.29 Å². The largest absolute Gasteiger partial charge is 0.353 e. The van der Waals surface area contributed by atoms with Gasteiger partial charge in [0, 0.05) is 12.2 Å². The van der Waals surface area contributed by atoms with Crippen LogP contribution in [0.3, 0.4) is 0 Å². The Kier molecular flexibility index (Phi) is 5.00. The lowest BCUT2D eigenvalue weighted by atomic mass is 10.2. The first-order valence-electron chi connectivity index (χ1n) is 5.93. The topological polar surface area (TPSA) is 18.5 Å². The van der Waals surface area contributed by atoms with Crippen molar-refractivity contribution in [3.63, 3.8) is 0 Å². The van der Waals surface area contributed by atoms with E-state index in [9.17, 15) is 4.39 Å². The molecule has 2 rings (SSSR count). The van der Waals surface area contributed by atoms with Crippen molar-refractivity contribution in [3.05, 3.63) is 34.6 Å². The maximum absolute atomic E-state index is 12.9. The minimum atomic E-state index is -0.436. The van der Waals surface area contributed by atoms with E-state index < -0.39 is 5.82 Å². The summed E-state index contributed by atoms with van der Waals surface area (Å²) in [5, 5.41) is 0.0818. The van der Waals surface area contributed by atoms with Crippen molar-refractivity contribution in [1.82, 2.24) is 0 Å². The molecule has 2 nitrogen and oxygen atoms in total. The van der Waals surface area contributed by atoms with Gasteiger partial charge in [0.05, 0.1) is 5.02 Å². The van der Waals surface area contributed by atoms with Gasteiger partial charge in [-0.3, -0.25) is 0 Å². The smallest absolute Gasteiger partial charge is 0.158 e. The highest BCUT2D eigenvalue weighted by Gasteiger charge is 2.12. The zero-order valence-corrected chi connectivity index (χ0v) is 10.7. The Bertz CT molecular complexity index is 459. The molecule has 0 aliphatic carbocycles. The maximum atomic E-state index is 12.9. The van der Waals surface area contributed by atoms with Crippen LogP contribution in [-0.4, -0.2) is 19.5 Å². The zero-order valence-electron chi connectivity index (χ0n) is 9.92. The molecular formula is C14H14ClFO2. The molecule has 4 heteroatoms. The molecule has 0 unspecified atom stereocenters. The molecule has 1 aromatic rings. The molecule has 18 heavy (non-hydrogen) atoms. The van der Waals surface area contributed by atoms with Crippen molar-refractivity contribution in [2.24, 2.45) is 0 Å². The van der Waals surface area contributed by atoms with Crippen LogP contribution >= 0.6 is 11.6 Å². The van der Waals surface area contributed by atoms with Gasteiger partial charge >= 0.3 is 0 Å². The Labute approximate surface area is 111 Å².